The maximum Gasteiger partial charge on any atom is 0.272 e. The number of nitro benzene ring substituents is 1. The van der Waals surface area contributed by atoms with E-state index in [-0.39, 0.29) is 16.0 Å². The zero-order valence-electron chi connectivity index (χ0n) is 10.4. The van der Waals surface area contributed by atoms with Gasteiger partial charge in [-0.25, -0.2) is 0 Å². The summed E-state index contributed by atoms with van der Waals surface area (Å²) in [6.07, 6.45) is 1.42. The van der Waals surface area contributed by atoms with Crippen molar-refractivity contribution in [3.63, 3.8) is 0 Å². The van der Waals surface area contributed by atoms with E-state index in [1.54, 1.807) is 12.1 Å². The standard InChI is InChI=1S/C13H18ClNO2/c1-9(2)6-12(14)8-11-7-10(3)4-5-13(11)15(16)17/h4-5,7,9,12H,6,8H2,1-3H3. The second-order valence-corrected chi connectivity index (χ2v) is 5.44. The molecule has 0 radical (unpaired) electrons. The summed E-state index contributed by atoms with van der Waals surface area (Å²) in [5.41, 5.74) is 1.93. The monoisotopic (exact) mass is 255 g/mol. The fourth-order valence-electron chi connectivity index (χ4n) is 1.89. The van der Waals surface area contributed by atoms with E-state index in [0.717, 1.165) is 17.5 Å². The smallest absolute Gasteiger partial charge is 0.258 e. The van der Waals surface area contributed by atoms with E-state index in [2.05, 4.69) is 13.8 Å². The highest BCUT2D eigenvalue weighted by atomic mass is 35.5. The Balaban J connectivity index is 2.88. The fraction of sp³-hybridized carbons (Fsp3) is 0.538. The van der Waals surface area contributed by atoms with E-state index in [9.17, 15) is 10.1 Å². The van der Waals surface area contributed by atoms with Gasteiger partial charge >= 0.3 is 0 Å². The Kier molecular flexibility index (Phi) is 4.94. The number of hydrogen-bond acceptors (Lipinski definition) is 2. The number of benzene rings is 1. The van der Waals surface area contributed by atoms with Gasteiger partial charge in [0.2, 0.25) is 0 Å². The van der Waals surface area contributed by atoms with Crippen LogP contribution >= 0.6 is 11.6 Å². The SMILES string of the molecule is Cc1ccc([N+](=O)[O-])c(CC(Cl)CC(C)C)c1. The molecule has 1 aromatic rings. The number of hydrogen-bond donors (Lipinski definition) is 0. The molecule has 17 heavy (non-hydrogen) atoms. The molecule has 0 saturated carbocycles. The van der Waals surface area contributed by atoms with Gasteiger partial charge in [-0.05, 0) is 31.7 Å². The molecular formula is C13H18ClNO2. The van der Waals surface area contributed by atoms with Crippen LogP contribution in [0.4, 0.5) is 5.69 Å². The minimum absolute atomic E-state index is 0.0458. The molecule has 1 rings (SSSR count). The molecule has 0 spiro atoms. The Hall–Kier alpha value is -1.09. The van der Waals surface area contributed by atoms with E-state index in [4.69, 9.17) is 11.6 Å². The number of halogens is 1. The molecule has 0 aliphatic heterocycles. The van der Waals surface area contributed by atoms with Gasteiger partial charge in [-0.15, -0.1) is 11.6 Å². The first-order valence-corrected chi connectivity index (χ1v) is 6.21. The normalized spacial score (nSPS) is 12.8. The van der Waals surface area contributed by atoms with Crippen LogP contribution in [0.3, 0.4) is 0 Å². The van der Waals surface area contributed by atoms with E-state index in [1.807, 2.05) is 13.0 Å². The zero-order valence-corrected chi connectivity index (χ0v) is 11.2. The Bertz CT molecular complexity index is 404. The van der Waals surface area contributed by atoms with Gasteiger partial charge in [0.25, 0.3) is 5.69 Å². The van der Waals surface area contributed by atoms with Crippen molar-refractivity contribution >= 4 is 17.3 Å². The summed E-state index contributed by atoms with van der Waals surface area (Å²) in [7, 11) is 0. The average Bonchev–Trinajstić information content (AvgIpc) is 2.15. The topological polar surface area (TPSA) is 43.1 Å². The van der Waals surface area contributed by atoms with Crippen molar-refractivity contribution in [1.29, 1.82) is 0 Å². The van der Waals surface area contributed by atoms with Gasteiger partial charge in [-0.1, -0.05) is 25.5 Å². The van der Waals surface area contributed by atoms with Gasteiger partial charge in [-0.3, -0.25) is 10.1 Å². The second kappa shape index (κ2) is 6.01. The van der Waals surface area contributed by atoms with Crippen LogP contribution in [0.5, 0.6) is 0 Å². The number of nitro groups is 1. The molecule has 0 aliphatic rings. The maximum atomic E-state index is 10.9. The molecule has 1 aromatic carbocycles. The van der Waals surface area contributed by atoms with E-state index in [1.165, 1.54) is 0 Å². The molecule has 1 unspecified atom stereocenters. The minimum atomic E-state index is -0.340. The van der Waals surface area contributed by atoms with Crippen molar-refractivity contribution in [2.45, 2.75) is 39.0 Å². The lowest BCUT2D eigenvalue weighted by molar-refractivity contribution is -0.385. The number of nitrogens with zero attached hydrogens (tertiary/aromatic N) is 1. The molecular weight excluding hydrogens is 238 g/mol. The van der Waals surface area contributed by atoms with E-state index >= 15 is 0 Å². The van der Waals surface area contributed by atoms with Crippen LogP contribution in [0, 0.1) is 23.0 Å². The fourth-order valence-corrected chi connectivity index (χ4v) is 2.41. The summed E-state index contributed by atoms with van der Waals surface area (Å²) in [5, 5.41) is 10.9. The average molecular weight is 256 g/mol. The first-order valence-electron chi connectivity index (χ1n) is 5.78. The van der Waals surface area contributed by atoms with Gasteiger partial charge in [-0.2, -0.15) is 0 Å². The van der Waals surface area contributed by atoms with Crippen LogP contribution in [0.1, 0.15) is 31.4 Å². The summed E-state index contributed by atoms with van der Waals surface area (Å²) >= 11 is 6.22. The molecule has 94 valence electrons. The van der Waals surface area contributed by atoms with Gasteiger partial charge < -0.3 is 0 Å². The largest absolute Gasteiger partial charge is 0.272 e. The third-order valence-corrected chi connectivity index (χ3v) is 2.93. The highest BCUT2D eigenvalue weighted by molar-refractivity contribution is 6.20. The van der Waals surface area contributed by atoms with Crippen molar-refractivity contribution in [2.24, 2.45) is 5.92 Å². The lowest BCUT2D eigenvalue weighted by Crippen LogP contribution is -2.09. The third-order valence-electron chi connectivity index (χ3n) is 2.60. The second-order valence-electron chi connectivity index (χ2n) is 4.82. The van der Waals surface area contributed by atoms with Gasteiger partial charge in [0, 0.05) is 17.0 Å². The van der Waals surface area contributed by atoms with Crippen LogP contribution in [0.2, 0.25) is 0 Å². The highest BCUT2D eigenvalue weighted by Gasteiger charge is 2.17. The lowest BCUT2D eigenvalue weighted by atomic mass is 9.99. The van der Waals surface area contributed by atoms with Crippen LogP contribution in [0.25, 0.3) is 0 Å². The Morgan fingerprint density at radius 2 is 2.06 bits per heavy atom. The number of rotatable bonds is 5. The van der Waals surface area contributed by atoms with Crippen LogP contribution in [-0.2, 0) is 6.42 Å². The molecule has 3 nitrogen and oxygen atoms in total. The van der Waals surface area contributed by atoms with Crippen LogP contribution in [0.15, 0.2) is 18.2 Å². The first kappa shape index (κ1) is 14.0. The Morgan fingerprint density at radius 1 is 1.41 bits per heavy atom. The van der Waals surface area contributed by atoms with Crippen LogP contribution in [-0.4, -0.2) is 10.3 Å². The number of aryl methyl sites for hydroxylation is 1. The summed E-state index contributed by atoms with van der Waals surface area (Å²) < 4.78 is 0. The molecule has 0 bridgehead atoms. The molecule has 4 heteroatoms. The van der Waals surface area contributed by atoms with E-state index in [0.29, 0.717) is 12.3 Å². The zero-order chi connectivity index (χ0) is 13.0. The molecule has 1 atom stereocenters. The minimum Gasteiger partial charge on any atom is -0.258 e. The van der Waals surface area contributed by atoms with Crippen LogP contribution < -0.4 is 0 Å². The molecule has 0 aliphatic carbocycles. The lowest BCUT2D eigenvalue weighted by Gasteiger charge is -2.12. The quantitative estimate of drug-likeness (QED) is 0.452. The van der Waals surface area contributed by atoms with E-state index < -0.39 is 0 Å². The van der Waals surface area contributed by atoms with Crippen molar-refractivity contribution in [1.82, 2.24) is 0 Å². The van der Waals surface area contributed by atoms with Crippen molar-refractivity contribution < 1.29 is 4.92 Å². The van der Waals surface area contributed by atoms with Gasteiger partial charge in [0.15, 0.2) is 0 Å². The molecule has 0 fully saturated rings. The Labute approximate surface area is 107 Å². The molecule has 0 saturated heterocycles. The number of alkyl halides is 1. The van der Waals surface area contributed by atoms with Crippen molar-refractivity contribution in [3.05, 3.63) is 39.4 Å². The van der Waals surface area contributed by atoms with Crippen molar-refractivity contribution in [2.75, 3.05) is 0 Å². The third kappa shape index (κ3) is 4.35. The summed E-state index contributed by atoms with van der Waals surface area (Å²) in [4.78, 5) is 10.6. The summed E-state index contributed by atoms with van der Waals surface area (Å²) in [6.45, 7) is 6.12. The summed E-state index contributed by atoms with van der Waals surface area (Å²) in [6, 6.07) is 5.17. The predicted molar refractivity (Wildman–Crippen MR) is 70.6 cm³/mol. The molecule has 0 N–H and O–H groups in total. The maximum absolute atomic E-state index is 10.9. The van der Waals surface area contributed by atoms with Gasteiger partial charge in [0.05, 0.1) is 4.92 Å². The van der Waals surface area contributed by atoms with Crippen molar-refractivity contribution in [3.8, 4) is 0 Å². The summed E-state index contributed by atoms with van der Waals surface area (Å²) in [5.74, 6) is 0.501. The highest BCUT2D eigenvalue weighted by Crippen LogP contribution is 2.24. The molecule has 0 aromatic heterocycles. The Morgan fingerprint density at radius 3 is 2.59 bits per heavy atom. The predicted octanol–water partition coefficient (Wildman–Crippen LogP) is 4.10. The van der Waals surface area contributed by atoms with Gasteiger partial charge in [0.1, 0.15) is 0 Å². The first-order chi connectivity index (χ1) is 7.90. The molecule has 0 heterocycles. The molecule has 0 amide bonds.